The highest BCUT2D eigenvalue weighted by Gasteiger charge is 2.42. The lowest BCUT2D eigenvalue weighted by molar-refractivity contribution is -0.108. The Balaban J connectivity index is 1.12. The van der Waals surface area contributed by atoms with Gasteiger partial charge in [-0.05, 0) is 144 Å². The summed E-state index contributed by atoms with van der Waals surface area (Å²) in [6.07, 6.45) is 29.1. The minimum atomic E-state index is -2.07. The fraction of sp³-hybridized carbons (Fsp3) is 0.375. The van der Waals surface area contributed by atoms with Crippen LogP contribution in [0, 0.1) is 11.5 Å². The fourth-order valence-electron chi connectivity index (χ4n) is 14.7. The number of aryl methyl sites for hydroxylation is 2. The number of hydrogen-bond donors (Lipinski definition) is 0. The standard InChI is InChI=1S/C88H104OSi/c1-9-11-13-15-17-19-21-23-25-30-39-69-49-53-74(54-50-69)80-59-57-78(64-82(80)72-42-32-27-33-43-72)86-84(76-46-36-29-37-47-76)85(77-48-38-41-71(63-77)61-62-90(66(3)4,67(5)6)68(7)8)87(88(86)89)79-58-60-81(83(65-79)73-44-34-28-35-45-73)75-55-51-70(52-56-75)40-31-26-24-22-20-18-16-14-12-10-2/h27-29,32-38,41-60,63-68H,9-26,30-31,39-40H2,1-8H3. The van der Waals surface area contributed by atoms with Gasteiger partial charge in [0.05, 0.1) is 0 Å². The Bertz CT molecular complexity index is 3640. The number of hydrogen-bond acceptors (Lipinski definition) is 1. The minimum absolute atomic E-state index is 0.0253. The highest BCUT2D eigenvalue weighted by atomic mass is 28.3. The van der Waals surface area contributed by atoms with Gasteiger partial charge in [0.15, 0.2) is 5.78 Å². The molecular formula is C88H104OSi. The number of ketones is 1. The summed E-state index contributed by atoms with van der Waals surface area (Å²) in [5.74, 6) is 3.84. The second kappa shape index (κ2) is 34.2. The average molecular weight is 1210 g/mol. The smallest absolute Gasteiger partial charge is 0.195 e. The lowest BCUT2D eigenvalue weighted by atomic mass is 9.86. The van der Waals surface area contributed by atoms with E-state index in [1.807, 2.05) is 0 Å². The maximum absolute atomic E-state index is 16.6. The fourth-order valence-corrected chi connectivity index (χ4v) is 19.9. The van der Waals surface area contributed by atoms with Crippen LogP contribution < -0.4 is 0 Å². The Morgan fingerprint density at radius 1 is 0.300 bits per heavy atom. The lowest BCUT2D eigenvalue weighted by Crippen LogP contribution is -2.43. The highest BCUT2D eigenvalue weighted by molar-refractivity contribution is 6.90. The molecule has 0 bridgehead atoms. The molecule has 0 fully saturated rings. The van der Waals surface area contributed by atoms with Crippen molar-refractivity contribution in [1.29, 1.82) is 0 Å². The zero-order valence-corrected chi connectivity index (χ0v) is 57.2. The van der Waals surface area contributed by atoms with Crippen molar-refractivity contribution in [3.05, 3.63) is 239 Å². The number of Topliss-reactive ketones (excluding diaryl/α,β-unsaturated/α-hetero) is 1. The highest BCUT2D eigenvalue weighted by Crippen LogP contribution is 2.52. The SMILES string of the molecule is CCCCCCCCCCCCc1ccc(-c2ccc(C3=C(c4ccccc4)C(c4cccc(C#C[Si](C(C)C)(C(C)C)C(C)C)c4)=C(c4ccc(-c5ccc(CCCCCCCCCCCC)cc5)c(-c5ccccc5)c4)C3=O)cc2-c2ccccc2)cc1. The van der Waals surface area contributed by atoms with E-state index in [9.17, 15) is 0 Å². The maximum Gasteiger partial charge on any atom is 0.195 e. The van der Waals surface area contributed by atoms with Crippen molar-refractivity contribution >= 4 is 36.1 Å². The van der Waals surface area contributed by atoms with Gasteiger partial charge in [0.1, 0.15) is 8.07 Å². The van der Waals surface area contributed by atoms with Crippen LogP contribution in [0.1, 0.15) is 223 Å². The van der Waals surface area contributed by atoms with Gasteiger partial charge >= 0.3 is 0 Å². The molecule has 0 atom stereocenters. The van der Waals surface area contributed by atoms with Gasteiger partial charge in [-0.2, -0.15) is 0 Å². The number of carbonyl (C=O) groups excluding carboxylic acids is 1. The Labute approximate surface area is 546 Å². The third-order valence-corrected chi connectivity index (χ3v) is 26.0. The zero-order valence-electron chi connectivity index (χ0n) is 56.2. The third-order valence-electron chi connectivity index (χ3n) is 19.7. The van der Waals surface area contributed by atoms with Crippen molar-refractivity contribution in [3.63, 3.8) is 0 Å². The summed E-state index contributed by atoms with van der Waals surface area (Å²) >= 11 is 0. The second-order valence-corrected chi connectivity index (χ2v) is 32.5. The molecule has 0 N–H and O–H groups in total. The molecule has 90 heavy (non-hydrogen) atoms. The van der Waals surface area contributed by atoms with E-state index in [0.29, 0.717) is 27.8 Å². The number of carbonyl (C=O) groups is 1. The molecule has 0 spiro atoms. The Kier molecular flexibility index (Phi) is 25.5. The molecule has 8 aromatic rings. The zero-order chi connectivity index (χ0) is 63.1. The Hall–Kier alpha value is -7.31. The summed E-state index contributed by atoms with van der Waals surface area (Å²) in [4.78, 5) is 16.6. The summed E-state index contributed by atoms with van der Waals surface area (Å²) in [5, 5.41) is 0. The van der Waals surface area contributed by atoms with E-state index in [2.05, 4.69) is 267 Å². The van der Waals surface area contributed by atoms with Crippen LogP contribution in [0.5, 0.6) is 0 Å². The normalized spacial score (nSPS) is 12.7. The summed E-state index contributed by atoms with van der Waals surface area (Å²) in [7, 11) is -2.07. The molecule has 1 nitrogen and oxygen atoms in total. The summed E-state index contributed by atoms with van der Waals surface area (Å²) in [5.41, 5.74) is 25.5. The van der Waals surface area contributed by atoms with E-state index in [1.54, 1.807) is 0 Å². The lowest BCUT2D eigenvalue weighted by Gasteiger charge is -2.38. The topological polar surface area (TPSA) is 17.1 Å². The quantitative estimate of drug-likeness (QED) is 0.0228. The van der Waals surface area contributed by atoms with Gasteiger partial charge in [0, 0.05) is 27.9 Å². The molecule has 1 aliphatic carbocycles. The van der Waals surface area contributed by atoms with Gasteiger partial charge in [-0.3, -0.25) is 4.79 Å². The molecule has 0 radical (unpaired) electrons. The Morgan fingerprint density at radius 2 is 0.622 bits per heavy atom. The maximum atomic E-state index is 16.6. The van der Waals surface area contributed by atoms with Crippen LogP contribution in [0.4, 0.5) is 0 Å². The van der Waals surface area contributed by atoms with Gasteiger partial charge < -0.3 is 0 Å². The molecular weight excluding hydrogens is 1100 g/mol. The van der Waals surface area contributed by atoms with E-state index in [4.69, 9.17) is 0 Å². The predicted octanol–water partition coefficient (Wildman–Crippen LogP) is 26.0. The summed E-state index contributed by atoms with van der Waals surface area (Å²) in [6.45, 7) is 18.9. The van der Waals surface area contributed by atoms with Crippen LogP contribution in [-0.4, -0.2) is 13.9 Å². The van der Waals surface area contributed by atoms with Crippen molar-refractivity contribution in [2.75, 3.05) is 0 Å². The first-order chi connectivity index (χ1) is 44.0. The minimum Gasteiger partial charge on any atom is -0.289 e. The van der Waals surface area contributed by atoms with Crippen molar-refractivity contribution in [3.8, 4) is 56.0 Å². The van der Waals surface area contributed by atoms with Gasteiger partial charge in [-0.1, -0.05) is 353 Å². The van der Waals surface area contributed by atoms with E-state index in [-0.39, 0.29) is 5.78 Å². The number of rotatable bonds is 33. The first-order valence-corrected chi connectivity index (χ1v) is 37.6. The molecule has 466 valence electrons. The molecule has 0 heterocycles. The molecule has 0 saturated carbocycles. The largest absolute Gasteiger partial charge is 0.289 e. The van der Waals surface area contributed by atoms with Gasteiger partial charge in [-0.15, -0.1) is 5.54 Å². The molecule has 0 unspecified atom stereocenters. The van der Waals surface area contributed by atoms with E-state index in [0.717, 1.165) is 85.2 Å². The molecule has 9 rings (SSSR count). The molecule has 0 amide bonds. The van der Waals surface area contributed by atoms with Crippen LogP contribution >= 0.6 is 0 Å². The third kappa shape index (κ3) is 17.2. The van der Waals surface area contributed by atoms with E-state index >= 15 is 4.79 Å². The van der Waals surface area contributed by atoms with E-state index in [1.165, 1.54) is 151 Å². The molecule has 0 saturated heterocycles. The molecule has 8 aromatic carbocycles. The van der Waals surface area contributed by atoms with E-state index < -0.39 is 8.07 Å². The summed E-state index contributed by atoms with van der Waals surface area (Å²) in [6, 6.07) is 73.2. The predicted molar refractivity (Wildman–Crippen MR) is 395 cm³/mol. The number of benzene rings is 8. The van der Waals surface area contributed by atoms with Crippen molar-refractivity contribution in [2.24, 2.45) is 0 Å². The van der Waals surface area contributed by atoms with Crippen LogP contribution in [0.3, 0.4) is 0 Å². The van der Waals surface area contributed by atoms with Gasteiger partial charge in [-0.25, -0.2) is 0 Å². The van der Waals surface area contributed by atoms with Gasteiger partial charge in [0.25, 0.3) is 0 Å². The average Bonchev–Trinajstić information content (AvgIpc) is 1.57. The van der Waals surface area contributed by atoms with Gasteiger partial charge in [0.2, 0.25) is 0 Å². The monoisotopic (exact) mass is 1200 g/mol. The van der Waals surface area contributed by atoms with Crippen molar-refractivity contribution in [2.45, 2.75) is 213 Å². The second-order valence-electron chi connectivity index (χ2n) is 26.9. The van der Waals surface area contributed by atoms with Crippen molar-refractivity contribution < 1.29 is 4.79 Å². The first-order valence-electron chi connectivity index (χ1n) is 35.3. The van der Waals surface area contributed by atoms with Crippen molar-refractivity contribution in [1.82, 2.24) is 0 Å². The van der Waals surface area contributed by atoms with Crippen LogP contribution in [0.15, 0.2) is 200 Å². The number of allylic oxidation sites excluding steroid dienone is 4. The van der Waals surface area contributed by atoms with Crippen LogP contribution in [-0.2, 0) is 17.6 Å². The molecule has 2 heteroatoms. The van der Waals surface area contributed by atoms with Crippen LogP contribution in [0.25, 0.3) is 66.8 Å². The Morgan fingerprint density at radius 3 is 1.01 bits per heavy atom. The number of unbranched alkanes of at least 4 members (excludes halogenated alkanes) is 18. The molecule has 0 aromatic heterocycles. The molecule has 0 aliphatic heterocycles. The molecule has 1 aliphatic rings. The summed E-state index contributed by atoms with van der Waals surface area (Å²) < 4.78 is 0. The first kappa shape index (κ1) is 67.1. The van der Waals surface area contributed by atoms with Crippen LogP contribution in [0.2, 0.25) is 16.6 Å².